The van der Waals surface area contributed by atoms with Gasteiger partial charge < -0.3 is 0 Å². The highest BCUT2D eigenvalue weighted by atomic mass is 33.7. The van der Waals surface area contributed by atoms with Crippen LogP contribution in [0.25, 0.3) is 0 Å². The highest BCUT2D eigenvalue weighted by Gasteiger charge is 2.48. The van der Waals surface area contributed by atoms with E-state index in [2.05, 4.69) is 12.6 Å². The van der Waals surface area contributed by atoms with Crippen LogP contribution in [0.15, 0.2) is 0 Å². The maximum atomic E-state index is 11.0. The molecule has 1 aliphatic heterocycles. The number of carbonyl (C=O) groups is 1. The monoisotopic (exact) mass is 270 g/mol. The van der Waals surface area contributed by atoms with Gasteiger partial charge in [-0.2, -0.15) is 0 Å². The number of thiol groups is 1. The molecule has 74 valence electrons. The number of carbonyl (C=O) groups excluding carboxylic acids is 1. The Balaban J connectivity index is 2.04. The van der Waals surface area contributed by atoms with Crippen LogP contribution < -0.4 is 0 Å². The standard InChI is InChI=1S/C7H10OS5/c8-6(9)4-5-2-1-3-7(5)10-12-13-11-7/h5H,1-4H2,(H,8,9). The van der Waals surface area contributed by atoms with Gasteiger partial charge in [-0.25, -0.2) is 0 Å². The molecule has 1 saturated heterocycles. The van der Waals surface area contributed by atoms with Crippen molar-refractivity contribution in [2.45, 2.75) is 29.8 Å². The van der Waals surface area contributed by atoms with Crippen LogP contribution in [0.4, 0.5) is 0 Å². The summed E-state index contributed by atoms with van der Waals surface area (Å²) in [5.41, 5.74) is 0. The average Bonchev–Trinajstić information content (AvgIpc) is 2.64. The summed E-state index contributed by atoms with van der Waals surface area (Å²) in [5, 5.41) is 0.0503. The second-order valence-corrected chi connectivity index (χ2v) is 10.4. The van der Waals surface area contributed by atoms with Crippen LogP contribution in [0, 0.1) is 5.92 Å². The van der Waals surface area contributed by atoms with E-state index in [0.29, 0.717) is 16.4 Å². The summed E-state index contributed by atoms with van der Waals surface area (Å²) >= 11 is 3.88. The Morgan fingerprint density at radius 2 is 2.15 bits per heavy atom. The minimum atomic E-state index is 0.0503. The van der Waals surface area contributed by atoms with E-state index >= 15 is 0 Å². The molecule has 1 unspecified atom stereocenters. The Hall–Kier alpha value is 1.42. The second kappa shape index (κ2) is 4.51. The lowest BCUT2D eigenvalue weighted by Crippen LogP contribution is -2.23. The number of hydrogen-bond donors (Lipinski definition) is 1. The molecule has 0 aromatic heterocycles. The fourth-order valence-corrected chi connectivity index (χ4v) is 12.4. The van der Waals surface area contributed by atoms with Crippen molar-refractivity contribution in [3.05, 3.63) is 0 Å². The zero-order valence-electron chi connectivity index (χ0n) is 6.89. The Morgan fingerprint density at radius 3 is 2.77 bits per heavy atom. The predicted molar refractivity (Wildman–Crippen MR) is 69.0 cm³/mol. The molecule has 1 aliphatic carbocycles. The molecular formula is C7H10OS5. The van der Waals surface area contributed by atoms with Gasteiger partial charge in [-0.3, -0.25) is 4.79 Å². The number of hydrogen-bond acceptors (Lipinski definition) is 5. The topological polar surface area (TPSA) is 17.1 Å². The van der Waals surface area contributed by atoms with Gasteiger partial charge in [0.2, 0.25) is 0 Å². The molecule has 1 heterocycles. The maximum absolute atomic E-state index is 11.0. The molecule has 0 radical (unpaired) electrons. The summed E-state index contributed by atoms with van der Waals surface area (Å²) in [6.07, 6.45) is 4.39. The average molecular weight is 270 g/mol. The van der Waals surface area contributed by atoms with Gasteiger partial charge in [-0.15, -0.1) is 12.6 Å². The molecular weight excluding hydrogens is 260 g/mol. The first-order chi connectivity index (χ1) is 6.23. The molecule has 2 fully saturated rings. The Labute approximate surface area is 98.9 Å². The third-order valence-corrected chi connectivity index (χ3v) is 11.2. The van der Waals surface area contributed by atoms with Crippen LogP contribution in [0.3, 0.4) is 0 Å². The first-order valence-corrected chi connectivity index (χ1v) is 9.41. The van der Waals surface area contributed by atoms with E-state index in [9.17, 15) is 4.79 Å². The van der Waals surface area contributed by atoms with Crippen molar-refractivity contribution < 1.29 is 4.79 Å². The summed E-state index contributed by atoms with van der Waals surface area (Å²) in [7, 11) is 7.64. The van der Waals surface area contributed by atoms with Crippen molar-refractivity contribution in [2.75, 3.05) is 0 Å². The molecule has 0 N–H and O–H groups in total. The minimum Gasteiger partial charge on any atom is -0.287 e. The van der Waals surface area contributed by atoms with E-state index in [1.165, 1.54) is 19.3 Å². The van der Waals surface area contributed by atoms with Crippen LogP contribution in [0.5, 0.6) is 0 Å². The van der Waals surface area contributed by atoms with E-state index in [1.54, 1.807) is 0 Å². The summed E-state index contributed by atoms with van der Waals surface area (Å²) < 4.78 is 0.327. The van der Waals surface area contributed by atoms with E-state index in [0.717, 1.165) is 0 Å². The normalized spacial score (nSPS) is 31.3. The SMILES string of the molecule is O=C(S)CC1CCCC12SSSS2. The molecule has 0 aromatic carbocycles. The van der Waals surface area contributed by atoms with Crippen LogP contribution >= 0.6 is 53.9 Å². The second-order valence-electron chi connectivity index (χ2n) is 3.30. The molecule has 1 atom stereocenters. The van der Waals surface area contributed by atoms with Crippen molar-refractivity contribution in [1.29, 1.82) is 0 Å². The molecule has 13 heavy (non-hydrogen) atoms. The first-order valence-electron chi connectivity index (χ1n) is 4.15. The lowest BCUT2D eigenvalue weighted by atomic mass is 10.0. The van der Waals surface area contributed by atoms with Gasteiger partial charge in [0.05, 0.1) is 4.08 Å². The lowest BCUT2D eigenvalue weighted by Gasteiger charge is -2.25. The molecule has 0 amide bonds. The van der Waals surface area contributed by atoms with Crippen LogP contribution in [-0.4, -0.2) is 9.19 Å². The van der Waals surface area contributed by atoms with Crippen molar-refractivity contribution in [1.82, 2.24) is 0 Å². The molecule has 6 heteroatoms. The van der Waals surface area contributed by atoms with Gasteiger partial charge in [0, 0.05) is 6.42 Å². The summed E-state index contributed by atoms with van der Waals surface area (Å²) in [6, 6.07) is 0. The van der Waals surface area contributed by atoms with Crippen molar-refractivity contribution in [3.8, 4) is 0 Å². The fourth-order valence-electron chi connectivity index (χ4n) is 1.86. The smallest absolute Gasteiger partial charge is 0.186 e. The Morgan fingerprint density at radius 1 is 1.46 bits per heavy atom. The minimum absolute atomic E-state index is 0.0503. The van der Waals surface area contributed by atoms with Gasteiger partial charge in [-0.1, -0.05) is 28.0 Å². The van der Waals surface area contributed by atoms with E-state index < -0.39 is 0 Å². The van der Waals surface area contributed by atoms with Crippen LogP contribution in [-0.2, 0) is 4.79 Å². The summed E-state index contributed by atoms with van der Waals surface area (Å²) in [6.45, 7) is 0. The van der Waals surface area contributed by atoms with Crippen molar-refractivity contribution in [2.24, 2.45) is 5.92 Å². The third kappa shape index (κ3) is 2.33. The van der Waals surface area contributed by atoms with E-state index in [-0.39, 0.29) is 5.12 Å². The zero-order valence-corrected chi connectivity index (χ0v) is 11.1. The predicted octanol–water partition coefficient (Wildman–Crippen LogP) is 4.02. The van der Waals surface area contributed by atoms with Crippen molar-refractivity contribution >= 4 is 59.0 Å². The van der Waals surface area contributed by atoms with E-state index in [4.69, 9.17) is 0 Å². The zero-order chi connectivity index (χ0) is 9.31. The molecule has 1 saturated carbocycles. The van der Waals surface area contributed by atoms with Gasteiger partial charge in [-0.05, 0) is 38.4 Å². The van der Waals surface area contributed by atoms with Crippen LogP contribution in [0.1, 0.15) is 25.7 Å². The fraction of sp³-hybridized carbons (Fsp3) is 0.857. The molecule has 1 spiro atoms. The lowest BCUT2D eigenvalue weighted by molar-refractivity contribution is -0.111. The first kappa shape index (κ1) is 10.9. The Bertz CT molecular complexity index is 207. The highest BCUT2D eigenvalue weighted by molar-refractivity contribution is 9.31. The summed E-state index contributed by atoms with van der Waals surface area (Å²) in [4.78, 5) is 11.0. The molecule has 2 rings (SSSR count). The molecule has 0 bridgehead atoms. The quantitative estimate of drug-likeness (QED) is 0.601. The summed E-state index contributed by atoms with van der Waals surface area (Å²) in [5.74, 6) is 0.551. The third-order valence-electron chi connectivity index (χ3n) is 2.50. The largest absolute Gasteiger partial charge is 0.287 e. The van der Waals surface area contributed by atoms with Gasteiger partial charge in [0.25, 0.3) is 0 Å². The van der Waals surface area contributed by atoms with Gasteiger partial charge >= 0.3 is 0 Å². The van der Waals surface area contributed by atoms with Crippen molar-refractivity contribution in [3.63, 3.8) is 0 Å². The van der Waals surface area contributed by atoms with Crippen LogP contribution in [0.2, 0.25) is 0 Å². The van der Waals surface area contributed by atoms with E-state index in [1.807, 2.05) is 41.2 Å². The van der Waals surface area contributed by atoms with Gasteiger partial charge in [0.1, 0.15) is 0 Å². The van der Waals surface area contributed by atoms with Gasteiger partial charge in [0.15, 0.2) is 5.12 Å². The molecule has 1 nitrogen and oxygen atoms in total. The maximum Gasteiger partial charge on any atom is 0.186 e. The molecule has 2 aliphatic rings. The molecule has 0 aromatic rings. The Kier molecular flexibility index (Phi) is 3.79. The highest BCUT2D eigenvalue weighted by Crippen LogP contribution is 2.72. The number of rotatable bonds is 2.